The third-order valence-electron chi connectivity index (χ3n) is 2.19. The molecule has 5 nitrogen and oxygen atoms in total. The summed E-state index contributed by atoms with van der Waals surface area (Å²) in [5.41, 5.74) is 0.123. The van der Waals surface area contributed by atoms with Crippen LogP contribution in [0, 0.1) is 0 Å². The van der Waals surface area contributed by atoms with E-state index in [0.29, 0.717) is 11.3 Å². The molecule has 0 saturated carbocycles. The van der Waals surface area contributed by atoms with Crippen molar-refractivity contribution in [1.82, 2.24) is 15.2 Å². The summed E-state index contributed by atoms with van der Waals surface area (Å²) in [5.74, 6) is 0.247. The first kappa shape index (κ1) is 13.7. The van der Waals surface area contributed by atoms with Crippen molar-refractivity contribution >= 4 is 11.3 Å². The Balaban J connectivity index is 2.23. The van der Waals surface area contributed by atoms with E-state index in [2.05, 4.69) is 15.2 Å². The van der Waals surface area contributed by atoms with Crippen LogP contribution in [0.4, 0.5) is 13.2 Å². The molecule has 1 unspecified atom stereocenters. The lowest BCUT2D eigenvalue weighted by Gasteiger charge is -2.06. The summed E-state index contributed by atoms with van der Waals surface area (Å²) in [6, 6.07) is 2.88. The van der Waals surface area contributed by atoms with Gasteiger partial charge in [-0.25, -0.2) is 4.98 Å². The predicted octanol–water partition coefficient (Wildman–Crippen LogP) is 2.04. The van der Waals surface area contributed by atoms with Gasteiger partial charge in [0, 0.05) is 12.3 Å². The average molecular weight is 291 g/mol. The van der Waals surface area contributed by atoms with Gasteiger partial charge in [-0.15, -0.1) is 21.5 Å². The summed E-state index contributed by atoms with van der Waals surface area (Å²) < 4.78 is 42.0. The molecular weight excluding hydrogens is 283 g/mol. The zero-order valence-corrected chi connectivity index (χ0v) is 10.4. The molecule has 0 aliphatic heterocycles. The molecule has 2 aromatic heterocycles. The van der Waals surface area contributed by atoms with Gasteiger partial charge in [-0.05, 0) is 6.07 Å². The van der Waals surface area contributed by atoms with Crippen molar-refractivity contribution in [2.45, 2.75) is 12.3 Å². The second kappa shape index (κ2) is 5.10. The zero-order chi connectivity index (χ0) is 14.0. The van der Waals surface area contributed by atoms with E-state index in [9.17, 15) is 18.3 Å². The van der Waals surface area contributed by atoms with Gasteiger partial charge in [0.2, 0.25) is 5.88 Å². The van der Waals surface area contributed by atoms with Crippen molar-refractivity contribution in [2.24, 2.45) is 0 Å². The van der Waals surface area contributed by atoms with Crippen LogP contribution in [0.3, 0.4) is 0 Å². The third-order valence-corrected chi connectivity index (χ3v) is 3.28. The fourth-order valence-corrected chi connectivity index (χ4v) is 2.06. The summed E-state index contributed by atoms with van der Waals surface area (Å²) in [4.78, 5) is 3.28. The van der Waals surface area contributed by atoms with Crippen LogP contribution in [0.25, 0.3) is 0 Å². The lowest BCUT2D eigenvalue weighted by atomic mass is 10.2. The minimum Gasteiger partial charge on any atom is -0.480 e. The van der Waals surface area contributed by atoms with Crippen molar-refractivity contribution in [3.63, 3.8) is 0 Å². The number of hydrogen-bond acceptors (Lipinski definition) is 6. The van der Waals surface area contributed by atoms with E-state index in [1.807, 2.05) is 0 Å². The quantitative estimate of drug-likeness (QED) is 0.937. The molecule has 2 aromatic rings. The maximum Gasteiger partial charge on any atom is 0.443 e. The average Bonchev–Trinajstić information content (AvgIpc) is 2.87. The largest absolute Gasteiger partial charge is 0.480 e. The molecule has 0 aromatic carbocycles. The van der Waals surface area contributed by atoms with Crippen molar-refractivity contribution in [3.05, 3.63) is 33.9 Å². The SMILES string of the molecule is COc1ccc(C(O)c2cnc(C(F)(F)F)s2)nn1. The highest BCUT2D eigenvalue weighted by atomic mass is 32.1. The summed E-state index contributed by atoms with van der Waals surface area (Å²) in [7, 11) is 1.40. The van der Waals surface area contributed by atoms with E-state index in [4.69, 9.17) is 4.74 Å². The highest BCUT2D eigenvalue weighted by Gasteiger charge is 2.35. The molecule has 9 heteroatoms. The zero-order valence-electron chi connectivity index (χ0n) is 9.55. The molecule has 0 fully saturated rings. The molecule has 102 valence electrons. The number of alkyl halides is 3. The molecule has 1 N–H and O–H groups in total. The second-order valence-corrected chi connectivity index (χ2v) is 4.53. The summed E-state index contributed by atoms with van der Waals surface area (Å²) in [6.07, 6.45) is -4.84. The third kappa shape index (κ3) is 2.99. The maximum atomic E-state index is 12.4. The second-order valence-electron chi connectivity index (χ2n) is 3.47. The number of aliphatic hydroxyl groups is 1. The molecule has 0 saturated heterocycles. The number of aromatic nitrogens is 3. The van der Waals surface area contributed by atoms with E-state index in [0.717, 1.165) is 6.20 Å². The maximum absolute atomic E-state index is 12.4. The molecule has 0 aliphatic carbocycles. The Morgan fingerprint density at radius 1 is 1.32 bits per heavy atom. The van der Waals surface area contributed by atoms with Crippen molar-refractivity contribution in [2.75, 3.05) is 7.11 Å². The molecule has 0 aliphatic rings. The Kier molecular flexibility index (Phi) is 3.67. The van der Waals surface area contributed by atoms with Crippen molar-refractivity contribution < 1.29 is 23.0 Å². The topological polar surface area (TPSA) is 68.1 Å². The Morgan fingerprint density at radius 3 is 2.53 bits per heavy atom. The van der Waals surface area contributed by atoms with Gasteiger partial charge in [0.15, 0.2) is 5.01 Å². The van der Waals surface area contributed by atoms with E-state index >= 15 is 0 Å². The smallest absolute Gasteiger partial charge is 0.443 e. The van der Waals surface area contributed by atoms with Gasteiger partial charge in [0.05, 0.1) is 17.7 Å². The molecule has 1 atom stereocenters. The first-order valence-corrected chi connectivity index (χ1v) is 5.82. The summed E-state index contributed by atoms with van der Waals surface area (Å²) in [5, 5.41) is 16.2. The van der Waals surface area contributed by atoms with Gasteiger partial charge < -0.3 is 9.84 Å². The van der Waals surface area contributed by atoms with Gasteiger partial charge in [-0.3, -0.25) is 0 Å². The van der Waals surface area contributed by atoms with Crippen molar-refractivity contribution in [3.8, 4) is 5.88 Å². The fraction of sp³-hybridized carbons (Fsp3) is 0.300. The first-order valence-electron chi connectivity index (χ1n) is 5.00. The highest BCUT2D eigenvalue weighted by molar-refractivity contribution is 7.11. The molecule has 0 radical (unpaired) electrons. The normalized spacial score (nSPS) is 13.3. The van der Waals surface area contributed by atoms with E-state index in [1.54, 1.807) is 0 Å². The Morgan fingerprint density at radius 2 is 2.05 bits per heavy atom. The molecular formula is C10H8F3N3O2S. The summed E-state index contributed by atoms with van der Waals surface area (Å²) >= 11 is 0.368. The standard InChI is InChI=1S/C10H8F3N3O2S/c1-18-7-3-2-5(15-16-7)8(17)6-4-14-9(19-6)10(11,12)13/h2-4,8,17H,1H3. The van der Waals surface area contributed by atoms with Crippen LogP contribution in [-0.2, 0) is 6.18 Å². The number of hydrogen-bond donors (Lipinski definition) is 1. The highest BCUT2D eigenvalue weighted by Crippen LogP contribution is 2.35. The molecule has 2 rings (SSSR count). The van der Waals surface area contributed by atoms with Crippen LogP contribution < -0.4 is 4.74 Å². The van der Waals surface area contributed by atoms with Crippen molar-refractivity contribution in [1.29, 1.82) is 0 Å². The molecule has 19 heavy (non-hydrogen) atoms. The number of halogens is 3. The van der Waals surface area contributed by atoms with Crippen LogP contribution in [0.2, 0.25) is 0 Å². The predicted molar refractivity (Wildman–Crippen MR) is 59.8 cm³/mol. The van der Waals surface area contributed by atoms with Gasteiger partial charge in [-0.2, -0.15) is 13.2 Å². The number of methoxy groups -OCH3 is 1. The van der Waals surface area contributed by atoms with Crippen LogP contribution in [0.15, 0.2) is 18.3 Å². The number of ether oxygens (including phenoxy) is 1. The number of thiazole rings is 1. The number of rotatable bonds is 3. The Hall–Kier alpha value is -1.74. The minimum atomic E-state index is -4.52. The van der Waals surface area contributed by atoms with E-state index < -0.39 is 17.3 Å². The fourth-order valence-electron chi connectivity index (χ4n) is 1.27. The lowest BCUT2D eigenvalue weighted by Crippen LogP contribution is -2.03. The molecule has 0 spiro atoms. The van der Waals surface area contributed by atoms with Gasteiger partial charge in [-0.1, -0.05) is 0 Å². The lowest BCUT2D eigenvalue weighted by molar-refractivity contribution is -0.137. The van der Waals surface area contributed by atoms with Crippen LogP contribution in [-0.4, -0.2) is 27.4 Å². The molecule has 2 heterocycles. The Bertz CT molecular complexity index is 556. The van der Waals surface area contributed by atoms with Crippen LogP contribution >= 0.6 is 11.3 Å². The first-order chi connectivity index (χ1) is 8.91. The number of aliphatic hydroxyl groups excluding tert-OH is 1. The van der Waals surface area contributed by atoms with Crippen LogP contribution in [0.5, 0.6) is 5.88 Å². The summed E-state index contributed by atoms with van der Waals surface area (Å²) in [6.45, 7) is 0. The van der Waals surface area contributed by atoms with Gasteiger partial charge in [0.1, 0.15) is 6.10 Å². The Labute approximate surface area is 109 Å². The van der Waals surface area contributed by atoms with E-state index in [1.165, 1.54) is 19.2 Å². The monoisotopic (exact) mass is 291 g/mol. The molecule has 0 bridgehead atoms. The van der Waals surface area contributed by atoms with Crippen LogP contribution in [0.1, 0.15) is 21.7 Å². The number of nitrogens with zero attached hydrogens (tertiary/aromatic N) is 3. The van der Waals surface area contributed by atoms with E-state index in [-0.39, 0.29) is 16.5 Å². The minimum absolute atomic E-state index is 0.0480. The van der Waals surface area contributed by atoms with Gasteiger partial charge in [0.25, 0.3) is 0 Å². The molecule has 0 amide bonds. The van der Waals surface area contributed by atoms with Gasteiger partial charge >= 0.3 is 6.18 Å².